The molecule has 1 aromatic heterocycles. The van der Waals surface area contributed by atoms with Gasteiger partial charge in [-0.1, -0.05) is 17.7 Å². The minimum Gasteiger partial charge on any atom is -0.380 e. The van der Waals surface area contributed by atoms with E-state index < -0.39 is 0 Å². The number of hydrogen-bond donors (Lipinski definition) is 2. The van der Waals surface area contributed by atoms with Crippen LogP contribution in [0, 0.1) is 0 Å². The molecule has 1 aromatic carbocycles. The molecule has 1 amide bonds. The fourth-order valence-electron chi connectivity index (χ4n) is 1.67. The predicted molar refractivity (Wildman–Crippen MR) is 83.6 cm³/mol. The van der Waals surface area contributed by atoms with Crippen LogP contribution in [0.25, 0.3) is 0 Å². The molecule has 4 nitrogen and oxygen atoms in total. The van der Waals surface area contributed by atoms with E-state index in [9.17, 15) is 4.79 Å². The van der Waals surface area contributed by atoms with Crippen LogP contribution in [0.1, 0.15) is 4.88 Å². The van der Waals surface area contributed by atoms with Crippen LogP contribution in [0.2, 0.25) is 4.34 Å². The number of ether oxygens (including phenoxy) is 1. The second-order valence-corrected chi connectivity index (χ2v) is 5.92. The van der Waals surface area contributed by atoms with E-state index in [4.69, 9.17) is 16.3 Å². The molecular weight excluding hydrogens is 296 g/mol. The van der Waals surface area contributed by atoms with Crippen molar-refractivity contribution < 1.29 is 9.53 Å². The quantitative estimate of drug-likeness (QED) is 0.857. The lowest BCUT2D eigenvalue weighted by molar-refractivity contribution is -0.119. The summed E-state index contributed by atoms with van der Waals surface area (Å²) in [6.45, 7) is 0.748. The van der Waals surface area contributed by atoms with E-state index in [1.807, 2.05) is 36.4 Å². The van der Waals surface area contributed by atoms with Gasteiger partial charge in [0.1, 0.15) is 6.61 Å². The minimum absolute atomic E-state index is 0.0470. The molecular formula is C14H15ClN2O2S. The Bertz CT molecular complexity index is 586. The van der Waals surface area contributed by atoms with E-state index in [0.717, 1.165) is 20.6 Å². The van der Waals surface area contributed by atoms with E-state index >= 15 is 0 Å². The molecule has 0 unspecified atom stereocenters. The van der Waals surface area contributed by atoms with Crippen molar-refractivity contribution in [3.63, 3.8) is 0 Å². The van der Waals surface area contributed by atoms with Crippen molar-refractivity contribution in [1.82, 2.24) is 0 Å². The van der Waals surface area contributed by atoms with Crippen molar-refractivity contribution in [2.45, 2.75) is 6.54 Å². The number of methoxy groups -OCH3 is 1. The number of amides is 1. The van der Waals surface area contributed by atoms with Crippen LogP contribution in [-0.2, 0) is 16.1 Å². The van der Waals surface area contributed by atoms with E-state index in [1.165, 1.54) is 7.11 Å². The van der Waals surface area contributed by atoms with Crippen LogP contribution >= 0.6 is 22.9 Å². The molecule has 0 aliphatic heterocycles. The highest BCUT2D eigenvalue weighted by Crippen LogP contribution is 2.23. The summed E-state index contributed by atoms with van der Waals surface area (Å²) in [5, 5.41) is 6.05. The van der Waals surface area contributed by atoms with Crippen LogP contribution < -0.4 is 10.6 Å². The number of hydrogen-bond acceptors (Lipinski definition) is 4. The fraction of sp³-hybridized carbons (Fsp3) is 0.214. The molecule has 0 aliphatic carbocycles. The van der Waals surface area contributed by atoms with E-state index in [0.29, 0.717) is 6.54 Å². The van der Waals surface area contributed by atoms with Crippen LogP contribution in [0.15, 0.2) is 36.4 Å². The predicted octanol–water partition coefficient (Wildman–Crippen LogP) is 3.60. The maximum absolute atomic E-state index is 11.4. The first kappa shape index (κ1) is 14.8. The molecule has 0 atom stereocenters. The third-order valence-corrected chi connectivity index (χ3v) is 3.75. The number of thiophene rings is 1. The van der Waals surface area contributed by atoms with Gasteiger partial charge in [0, 0.05) is 29.9 Å². The second kappa shape index (κ2) is 7.28. The maximum atomic E-state index is 11.4. The zero-order chi connectivity index (χ0) is 14.4. The first-order chi connectivity index (χ1) is 9.67. The summed E-state index contributed by atoms with van der Waals surface area (Å²) in [5.74, 6) is -0.172. The number of carbonyl (C=O) groups is 1. The number of rotatable bonds is 6. The average molecular weight is 311 g/mol. The number of anilines is 2. The van der Waals surface area contributed by atoms with E-state index in [-0.39, 0.29) is 12.5 Å². The van der Waals surface area contributed by atoms with Gasteiger partial charge in [-0.25, -0.2) is 0 Å². The molecule has 2 rings (SSSR count). The summed E-state index contributed by atoms with van der Waals surface area (Å²) in [4.78, 5) is 12.6. The van der Waals surface area contributed by atoms with Gasteiger partial charge in [-0.05, 0) is 30.3 Å². The van der Waals surface area contributed by atoms with Crippen molar-refractivity contribution in [2.24, 2.45) is 0 Å². The average Bonchev–Trinajstić information content (AvgIpc) is 2.83. The summed E-state index contributed by atoms with van der Waals surface area (Å²) in [6, 6.07) is 11.4. The number of benzene rings is 1. The first-order valence-electron chi connectivity index (χ1n) is 6.04. The summed E-state index contributed by atoms with van der Waals surface area (Å²) >= 11 is 7.43. The number of halogens is 1. The lowest BCUT2D eigenvalue weighted by atomic mass is 10.2. The number of carbonyl (C=O) groups excluding carboxylic acids is 1. The van der Waals surface area contributed by atoms with Gasteiger partial charge in [0.25, 0.3) is 0 Å². The largest absolute Gasteiger partial charge is 0.380 e. The lowest BCUT2D eigenvalue weighted by Gasteiger charge is -2.08. The topological polar surface area (TPSA) is 50.4 Å². The molecule has 2 aromatic rings. The van der Waals surface area contributed by atoms with Crippen molar-refractivity contribution in [3.8, 4) is 0 Å². The zero-order valence-corrected chi connectivity index (χ0v) is 12.6. The van der Waals surface area contributed by atoms with Gasteiger partial charge in [-0.2, -0.15) is 0 Å². The van der Waals surface area contributed by atoms with Crippen molar-refractivity contribution in [1.29, 1.82) is 0 Å². The monoisotopic (exact) mass is 310 g/mol. The minimum atomic E-state index is -0.172. The molecule has 2 N–H and O–H groups in total. The van der Waals surface area contributed by atoms with Gasteiger partial charge in [-0.15, -0.1) is 11.3 Å². The highest BCUT2D eigenvalue weighted by atomic mass is 35.5. The Balaban J connectivity index is 1.93. The lowest BCUT2D eigenvalue weighted by Crippen LogP contribution is -2.17. The molecule has 1 heterocycles. The SMILES string of the molecule is COCC(=O)Nc1cccc(NCc2ccc(Cl)s2)c1. The van der Waals surface area contributed by atoms with Crippen molar-refractivity contribution in [2.75, 3.05) is 24.4 Å². The molecule has 0 bridgehead atoms. The first-order valence-corrected chi connectivity index (χ1v) is 7.24. The molecule has 0 radical (unpaired) electrons. The molecule has 20 heavy (non-hydrogen) atoms. The van der Waals surface area contributed by atoms with Gasteiger partial charge >= 0.3 is 0 Å². The summed E-state index contributed by atoms with van der Waals surface area (Å²) < 4.78 is 5.55. The highest BCUT2D eigenvalue weighted by Gasteiger charge is 2.02. The van der Waals surface area contributed by atoms with Gasteiger partial charge in [0.15, 0.2) is 0 Å². The molecule has 0 spiro atoms. The Morgan fingerprint density at radius 2 is 2.10 bits per heavy atom. The second-order valence-electron chi connectivity index (χ2n) is 4.12. The van der Waals surface area contributed by atoms with Crippen molar-refractivity contribution in [3.05, 3.63) is 45.6 Å². The third kappa shape index (κ3) is 4.52. The maximum Gasteiger partial charge on any atom is 0.250 e. The Morgan fingerprint density at radius 1 is 1.30 bits per heavy atom. The molecule has 0 saturated carbocycles. The Kier molecular flexibility index (Phi) is 5.40. The molecule has 0 saturated heterocycles. The Hall–Kier alpha value is -1.56. The van der Waals surface area contributed by atoms with Gasteiger partial charge in [0.2, 0.25) is 5.91 Å². The number of nitrogens with one attached hydrogen (secondary N) is 2. The van der Waals surface area contributed by atoms with Crippen molar-refractivity contribution >= 4 is 40.2 Å². The normalized spacial score (nSPS) is 10.3. The van der Waals surface area contributed by atoms with E-state index in [2.05, 4.69) is 10.6 Å². The van der Waals surface area contributed by atoms with Gasteiger partial charge < -0.3 is 15.4 Å². The Labute approximate surface area is 126 Å². The molecule has 106 valence electrons. The smallest absolute Gasteiger partial charge is 0.250 e. The summed E-state index contributed by atoms with van der Waals surface area (Å²) in [5.41, 5.74) is 1.67. The highest BCUT2D eigenvalue weighted by molar-refractivity contribution is 7.16. The summed E-state index contributed by atoms with van der Waals surface area (Å²) in [7, 11) is 1.49. The molecule has 0 fully saturated rings. The third-order valence-electron chi connectivity index (χ3n) is 2.52. The molecule has 6 heteroatoms. The van der Waals surface area contributed by atoms with E-state index in [1.54, 1.807) is 11.3 Å². The van der Waals surface area contributed by atoms with Crippen LogP contribution in [-0.4, -0.2) is 19.6 Å². The Morgan fingerprint density at radius 3 is 2.80 bits per heavy atom. The summed E-state index contributed by atoms with van der Waals surface area (Å²) in [6.07, 6.45) is 0. The van der Waals surface area contributed by atoms with Crippen LogP contribution in [0.5, 0.6) is 0 Å². The van der Waals surface area contributed by atoms with Gasteiger partial charge in [-0.3, -0.25) is 4.79 Å². The molecule has 0 aliphatic rings. The fourth-order valence-corrected chi connectivity index (χ4v) is 2.70. The zero-order valence-electron chi connectivity index (χ0n) is 11.0. The van der Waals surface area contributed by atoms with Crippen LogP contribution in [0.4, 0.5) is 11.4 Å². The van der Waals surface area contributed by atoms with Gasteiger partial charge in [0.05, 0.1) is 4.34 Å². The van der Waals surface area contributed by atoms with Crippen LogP contribution in [0.3, 0.4) is 0 Å². The standard InChI is InChI=1S/C14H15ClN2O2S/c1-19-9-14(18)17-11-4-2-3-10(7-11)16-8-12-5-6-13(15)20-12/h2-7,16H,8-9H2,1H3,(H,17,18).